The molecule has 9 nitrogen and oxygen atoms in total. The zero-order valence-electron chi connectivity index (χ0n) is 22.8. The second kappa shape index (κ2) is 11.2. The lowest BCUT2D eigenvalue weighted by Crippen LogP contribution is -2.24. The Morgan fingerprint density at radius 1 is 1.05 bits per heavy atom. The summed E-state index contributed by atoms with van der Waals surface area (Å²) in [6.07, 6.45) is -2.73. The lowest BCUT2D eigenvalue weighted by Gasteiger charge is -2.22. The molecular formula is C28H30F3N7O2. The maximum absolute atomic E-state index is 13.3. The number of hydrogen-bond acceptors (Lipinski definition) is 8. The van der Waals surface area contributed by atoms with Crippen LogP contribution in [0.4, 0.5) is 36.1 Å². The van der Waals surface area contributed by atoms with Crippen LogP contribution in [0.25, 0.3) is 10.9 Å². The van der Waals surface area contributed by atoms with Gasteiger partial charge in [-0.2, -0.15) is 13.2 Å². The second-order valence-electron chi connectivity index (χ2n) is 9.52. The van der Waals surface area contributed by atoms with E-state index in [1.54, 1.807) is 27.2 Å². The zero-order valence-corrected chi connectivity index (χ0v) is 22.8. The maximum atomic E-state index is 13.3. The summed E-state index contributed by atoms with van der Waals surface area (Å²) in [5.74, 6) is 1.26. The molecule has 0 atom stereocenters. The first-order valence-corrected chi connectivity index (χ1v) is 12.3. The van der Waals surface area contributed by atoms with E-state index in [0.29, 0.717) is 39.6 Å². The van der Waals surface area contributed by atoms with Gasteiger partial charge in [0.1, 0.15) is 11.6 Å². The Balaban J connectivity index is 1.66. The van der Waals surface area contributed by atoms with Crippen LogP contribution < -0.4 is 20.7 Å². The minimum Gasteiger partial charge on any atom is -0.481 e. The van der Waals surface area contributed by atoms with Crippen LogP contribution in [0.5, 0.6) is 5.88 Å². The van der Waals surface area contributed by atoms with Crippen molar-refractivity contribution in [2.75, 3.05) is 44.2 Å². The van der Waals surface area contributed by atoms with Crippen LogP contribution in [0.1, 0.15) is 22.5 Å². The SMILES string of the molecule is COc1ncc(N(C)c2ccc3nc(C)nc(NCc4cc(N)cc(C(F)(F)F)c4)c3c2)cc1CC(=O)N(C)C. The third-order valence-corrected chi connectivity index (χ3v) is 6.31. The summed E-state index contributed by atoms with van der Waals surface area (Å²) in [5, 5.41) is 3.83. The van der Waals surface area contributed by atoms with Gasteiger partial charge in [-0.05, 0) is 55.0 Å². The molecule has 40 heavy (non-hydrogen) atoms. The van der Waals surface area contributed by atoms with Gasteiger partial charge in [-0.25, -0.2) is 15.0 Å². The zero-order chi connectivity index (χ0) is 29.2. The van der Waals surface area contributed by atoms with Crippen molar-refractivity contribution >= 4 is 39.7 Å². The molecule has 2 heterocycles. The number of halogens is 3. The smallest absolute Gasteiger partial charge is 0.416 e. The number of aromatic nitrogens is 3. The number of ether oxygens (including phenoxy) is 1. The molecule has 0 aliphatic heterocycles. The van der Waals surface area contributed by atoms with Crippen LogP contribution in [0.3, 0.4) is 0 Å². The number of fused-ring (bicyclic) bond motifs is 1. The first kappa shape index (κ1) is 28.4. The molecular weight excluding hydrogens is 523 g/mol. The van der Waals surface area contributed by atoms with E-state index in [4.69, 9.17) is 10.5 Å². The van der Waals surface area contributed by atoms with Gasteiger partial charge >= 0.3 is 6.18 Å². The molecule has 0 aliphatic carbocycles. The molecule has 0 saturated carbocycles. The van der Waals surface area contributed by atoms with Crippen LogP contribution in [0.15, 0.2) is 48.7 Å². The molecule has 0 bridgehead atoms. The van der Waals surface area contributed by atoms with Gasteiger partial charge in [0.2, 0.25) is 11.8 Å². The fourth-order valence-electron chi connectivity index (χ4n) is 4.19. The third-order valence-electron chi connectivity index (χ3n) is 6.31. The Kier molecular flexibility index (Phi) is 7.98. The number of pyridine rings is 1. The van der Waals surface area contributed by atoms with Crippen molar-refractivity contribution in [3.63, 3.8) is 0 Å². The minimum absolute atomic E-state index is 0.0269. The van der Waals surface area contributed by atoms with Gasteiger partial charge in [-0.15, -0.1) is 0 Å². The normalized spacial score (nSPS) is 11.4. The van der Waals surface area contributed by atoms with E-state index >= 15 is 0 Å². The molecule has 12 heteroatoms. The summed E-state index contributed by atoms with van der Waals surface area (Å²) in [5.41, 5.74) is 8.13. The average Bonchev–Trinajstić information content (AvgIpc) is 2.90. The molecule has 0 unspecified atom stereocenters. The molecule has 4 aromatic rings. The number of nitrogens with one attached hydrogen (secondary N) is 1. The number of carbonyl (C=O) groups excluding carboxylic acids is 1. The quantitative estimate of drug-likeness (QED) is 0.295. The summed E-state index contributed by atoms with van der Waals surface area (Å²) in [6, 6.07) is 10.9. The summed E-state index contributed by atoms with van der Waals surface area (Å²) in [4.78, 5) is 29.1. The van der Waals surface area contributed by atoms with Crippen molar-refractivity contribution in [2.24, 2.45) is 0 Å². The average molecular weight is 554 g/mol. The number of alkyl halides is 3. The number of methoxy groups -OCH3 is 1. The minimum atomic E-state index is -4.50. The van der Waals surface area contributed by atoms with E-state index in [2.05, 4.69) is 20.3 Å². The molecule has 210 valence electrons. The number of nitrogen functional groups attached to an aromatic ring is 1. The van der Waals surface area contributed by atoms with E-state index in [-0.39, 0.29) is 24.6 Å². The Labute approximate surface area is 229 Å². The Bertz CT molecular complexity index is 1560. The first-order chi connectivity index (χ1) is 18.8. The largest absolute Gasteiger partial charge is 0.481 e. The van der Waals surface area contributed by atoms with Crippen molar-refractivity contribution in [1.29, 1.82) is 0 Å². The number of nitrogens with zero attached hydrogens (tertiary/aromatic N) is 5. The monoisotopic (exact) mass is 553 g/mol. The molecule has 1 amide bonds. The third kappa shape index (κ3) is 6.33. The standard InChI is InChI=1S/C28H30F3N7O2/c1-16-35-24-7-6-21(38(4)22-10-18(11-25(39)37(2)3)27(40-5)34-15-22)13-23(24)26(36-16)33-14-17-8-19(28(29,30)31)12-20(32)9-17/h6-10,12-13,15H,11,14,32H2,1-5H3,(H,33,35,36). The second-order valence-corrected chi connectivity index (χ2v) is 9.52. The fraction of sp³-hybridized carbons (Fsp3) is 0.286. The lowest BCUT2D eigenvalue weighted by molar-refractivity contribution is -0.137. The molecule has 0 aliphatic rings. The molecule has 4 rings (SSSR count). The van der Waals surface area contributed by atoms with E-state index in [9.17, 15) is 18.0 Å². The number of hydrogen-bond donors (Lipinski definition) is 2. The van der Waals surface area contributed by atoms with Crippen LogP contribution in [-0.2, 0) is 23.9 Å². The molecule has 2 aromatic heterocycles. The highest BCUT2D eigenvalue weighted by atomic mass is 19.4. The van der Waals surface area contributed by atoms with Gasteiger partial charge in [-0.1, -0.05) is 0 Å². The number of carbonyl (C=O) groups is 1. The van der Waals surface area contributed by atoms with Crippen molar-refractivity contribution in [2.45, 2.75) is 26.1 Å². The Hall–Kier alpha value is -4.61. The van der Waals surface area contributed by atoms with Crippen LogP contribution in [-0.4, -0.2) is 54.0 Å². The molecule has 0 saturated heterocycles. The summed E-state index contributed by atoms with van der Waals surface area (Å²) in [7, 11) is 6.73. The number of aryl methyl sites for hydroxylation is 1. The van der Waals surface area contributed by atoms with Gasteiger partial charge in [0, 0.05) is 50.0 Å². The molecule has 3 N–H and O–H groups in total. The first-order valence-electron chi connectivity index (χ1n) is 12.3. The predicted molar refractivity (Wildman–Crippen MR) is 149 cm³/mol. The van der Waals surface area contributed by atoms with Crippen molar-refractivity contribution in [1.82, 2.24) is 19.9 Å². The van der Waals surface area contributed by atoms with Crippen LogP contribution >= 0.6 is 0 Å². The molecule has 0 radical (unpaired) electrons. The van der Waals surface area contributed by atoms with Gasteiger partial charge in [-0.3, -0.25) is 4.79 Å². The molecule has 0 spiro atoms. The molecule has 0 fully saturated rings. The topological polar surface area (TPSA) is 109 Å². The van der Waals surface area contributed by atoms with E-state index in [1.807, 2.05) is 36.2 Å². The van der Waals surface area contributed by atoms with E-state index in [1.165, 1.54) is 18.1 Å². The Morgan fingerprint density at radius 3 is 2.48 bits per heavy atom. The summed E-state index contributed by atoms with van der Waals surface area (Å²) in [6.45, 7) is 1.82. The van der Waals surface area contributed by atoms with Gasteiger partial charge < -0.3 is 25.6 Å². The Morgan fingerprint density at radius 2 is 1.80 bits per heavy atom. The van der Waals surface area contributed by atoms with Crippen molar-refractivity contribution in [3.8, 4) is 5.88 Å². The predicted octanol–water partition coefficient (Wildman–Crippen LogP) is 4.95. The number of likely N-dealkylation sites (N-methyl/N-ethyl adjacent to an activating group) is 1. The van der Waals surface area contributed by atoms with Gasteiger partial charge in [0.25, 0.3) is 0 Å². The lowest BCUT2D eigenvalue weighted by atomic mass is 10.1. The molecule has 2 aromatic carbocycles. The van der Waals surface area contributed by atoms with Gasteiger partial charge in [0.05, 0.1) is 36.5 Å². The van der Waals surface area contributed by atoms with Crippen molar-refractivity contribution < 1.29 is 22.7 Å². The maximum Gasteiger partial charge on any atom is 0.416 e. The highest BCUT2D eigenvalue weighted by Crippen LogP contribution is 2.33. The number of rotatable bonds is 8. The van der Waals surface area contributed by atoms with Crippen molar-refractivity contribution in [3.05, 3.63) is 71.2 Å². The summed E-state index contributed by atoms with van der Waals surface area (Å²) < 4.78 is 45.1. The van der Waals surface area contributed by atoms with Gasteiger partial charge in [0.15, 0.2) is 0 Å². The number of nitrogens with two attached hydrogens (primary N) is 1. The van der Waals surface area contributed by atoms with Crippen LogP contribution in [0.2, 0.25) is 0 Å². The van der Waals surface area contributed by atoms with E-state index in [0.717, 1.165) is 23.5 Å². The highest BCUT2D eigenvalue weighted by Gasteiger charge is 2.31. The fourth-order valence-corrected chi connectivity index (χ4v) is 4.19. The van der Waals surface area contributed by atoms with Crippen LogP contribution in [0, 0.1) is 6.92 Å². The number of benzene rings is 2. The number of anilines is 4. The number of amides is 1. The van der Waals surface area contributed by atoms with E-state index < -0.39 is 11.7 Å². The highest BCUT2D eigenvalue weighted by molar-refractivity contribution is 5.92. The summed E-state index contributed by atoms with van der Waals surface area (Å²) >= 11 is 0.